The average Bonchev–Trinajstić information content (AvgIpc) is 2.31. The Morgan fingerprint density at radius 3 is 2.72 bits per heavy atom. The van der Waals surface area contributed by atoms with Crippen molar-refractivity contribution in [2.24, 2.45) is 0 Å². The number of unbranched alkanes of at least 4 members (excludes halogenated alkanes) is 1. The quantitative estimate of drug-likeness (QED) is 0.598. The van der Waals surface area contributed by atoms with Gasteiger partial charge in [0.2, 0.25) is 0 Å². The summed E-state index contributed by atoms with van der Waals surface area (Å²) in [7, 11) is 1.52. The van der Waals surface area contributed by atoms with Crippen molar-refractivity contribution in [2.45, 2.75) is 30.9 Å². The van der Waals surface area contributed by atoms with Crippen LogP contribution in [-0.2, 0) is 10.8 Å². The summed E-state index contributed by atoms with van der Waals surface area (Å²) in [6.45, 7) is 3.28. The number of thiocarbonyl (C=S) groups is 1. The smallest absolute Gasteiger partial charge is 0.134 e. The Morgan fingerprint density at radius 1 is 1.44 bits per heavy atom. The fraction of sp³-hybridized carbons (Fsp3) is 0.917. The van der Waals surface area contributed by atoms with Gasteiger partial charge in [-0.05, 0) is 45.8 Å². The second-order valence-electron chi connectivity index (χ2n) is 4.82. The van der Waals surface area contributed by atoms with Gasteiger partial charge in [0.1, 0.15) is 4.32 Å². The van der Waals surface area contributed by atoms with E-state index in [9.17, 15) is 4.21 Å². The van der Waals surface area contributed by atoms with E-state index in [1.54, 1.807) is 6.26 Å². The molecule has 0 radical (unpaired) electrons. The molecule has 1 aliphatic heterocycles. The molecule has 6 heteroatoms. The van der Waals surface area contributed by atoms with E-state index >= 15 is 0 Å². The lowest BCUT2D eigenvalue weighted by molar-refractivity contribution is 0.282. The molecule has 1 N–H and O–H groups in total. The van der Waals surface area contributed by atoms with Crippen molar-refractivity contribution in [1.82, 2.24) is 10.2 Å². The molecule has 1 atom stereocenters. The van der Waals surface area contributed by atoms with E-state index in [1.165, 1.54) is 25.9 Å². The van der Waals surface area contributed by atoms with Crippen molar-refractivity contribution in [3.05, 3.63) is 0 Å². The Labute approximate surface area is 123 Å². The molecule has 1 heterocycles. The number of hydrogen-bond donors (Lipinski definition) is 1. The summed E-state index contributed by atoms with van der Waals surface area (Å²) in [5.41, 5.74) is 0. The molecule has 18 heavy (non-hydrogen) atoms. The summed E-state index contributed by atoms with van der Waals surface area (Å²) in [4.78, 5) is 2.37. The molecular formula is C12H24N2OS3. The highest BCUT2D eigenvalue weighted by Gasteiger charge is 2.18. The summed E-state index contributed by atoms with van der Waals surface area (Å²) in [5, 5.41) is 3.98. The van der Waals surface area contributed by atoms with Crippen LogP contribution in [0.3, 0.4) is 0 Å². The highest BCUT2D eigenvalue weighted by Crippen LogP contribution is 2.23. The largest absolute Gasteiger partial charge is 0.371 e. The van der Waals surface area contributed by atoms with Crippen LogP contribution in [0.25, 0.3) is 0 Å². The lowest BCUT2D eigenvalue weighted by Gasteiger charge is -2.28. The summed E-state index contributed by atoms with van der Waals surface area (Å²) < 4.78 is 11.8. The minimum atomic E-state index is -0.659. The second kappa shape index (κ2) is 9.28. The lowest BCUT2D eigenvalue weighted by atomic mass is 10.1. The van der Waals surface area contributed by atoms with Crippen molar-refractivity contribution in [2.75, 3.05) is 38.7 Å². The van der Waals surface area contributed by atoms with Crippen LogP contribution < -0.4 is 5.32 Å². The van der Waals surface area contributed by atoms with Gasteiger partial charge in [-0.15, -0.1) is 0 Å². The highest BCUT2D eigenvalue weighted by molar-refractivity contribution is 8.23. The van der Waals surface area contributed by atoms with Gasteiger partial charge in [0.15, 0.2) is 0 Å². The van der Waals surface area contributed by atoms with Gasteiger partial charge in [-0.2, -0.15) is 0 Å². The molecule has 0 spiro atoms. The predicted molar refractivity (Wildman–Crippen MR) is 86.9 cm³/mol. The molecule has 0 aromatic carbocycles. The third-order valence-corrected chi connectivity index (χ3v) is 5.53. The number of nitrogens with one attached hydrogen (secondary N) is 1. The first-order chi connectivity index (χ1) is 8.58. The molecular weight excluding hydrogens is 284 g/mol. The summed E-state index contributed by atoms with van der Waals surface area (Å²) >= 11 is 7.16. The van der Waals surface area contributed by atoms with E-state index in [2.05, 4.69) is 17.3 Å². The van der Waals surface area contributed by atoms with Gasteiger partial charge in [-0.1, -0.05) is 24.0 Å². The van der Waals surface area contributed by atoms with Crippen LogP contribution in [0, 0.1) is 0 Å². The van der Waals surface area contributed by atoms with Gasteiger partial charge in [-0.3, -0.25) is 4.21 Å². The standard InChI is InChI=1S/C12H24N2OS3/c1-14-8-5-11(6-9-14)17-12(16)13-7-3-4-10-18(2)15/h11H,3-10H2,1-2H3,(H,13,16). The van der Waals surface area contributed by atoms with E-state index in [-0.39, 0.29) is 0 Å². The topological polar surface area (TPSA) is 32.3 Å². The zero-order chi connectivity index (χ0) is 13.4. The Morgan fingerprint density at radius 2 is 2.11 bits per heavy atom. The van der Waals surface area contributed by atoms with Crippen molar-refractivity contribution in [3.8, 4) is 0 Å². The monoisotopic (exact) mass is 308 g/mol. The lowest BCUT2D eigenvalue weighted by Crippen LogP contribution is -2.33. The first-order valence-corrected chi connectivity index (χ1v) is 9.52. The zero-order valence-corrected chi connectivity index (χ0v) is 13.8. The van der Waals surface area contributed by atoms with Gasteiger partial charge in [0.05, 0.1) is 0 Å². The van der Waals surface area contributed by atoms with Crippen molar-refractivity contribution in [1.29, 1.82) is 0 Å². The van der Waals surface area contributed by atoms with Crippen LogP contribution in [-0.4, -0.2) is 57.4 Å². The fourth-order valence-corrected chi connectivity index (χ4v) is 3.97. The number of nitrogens with zero attached hydrogens (tertiary/aromatic N) is 1. The molecule has 3 nitrogen and oxygen atoms in total. The van der Waals surface area contributed by atoms with Crippen LogP contribution in [0.5, 0.6) is 0 Å². The molecule has 106 valence electrons. The van der Waals surface area contributed by atoms with Gasteiger partial charge in [0.25, 0.3) is 0 Å². The molecule has 0 aromatic heterocycles. The van der Waals surface area contributed by atoms with Gasteiger partial charge in [0, 0.05) is 34.6 Å². The Balaban J connectivity index is 2.01. The van der Waals surface area contributed by atoms with Crippen LogP contribution in [0.1, 0.15) is 25.7 Å². The Hall–Kier alpha value is 0.350. The van der Waals surface area contributed by atoms with E-state index in [4.69, 9.17) is 12.2 Å². The number of likely N-dealkylation sites (tertiary alicyclic amines) is 1. The normalized spacial score (nSPS) is 19.7. The number of piperidine rings is 1. The molecule has 1 rings (SSSR count). The maximum atomic E-state index is 10.9. The molecule has 1 fully saturated rings. The maximum Gasteiger partial charge on any atom is 0.134 e. The summed E-state index contributed by atoms with van der Waals surface area (Å²) in [5.74, 6) is 0.802. The highest BCUT2D eigenvalue weighted by atomic mass is 32.2. The molecule has 0 bridgehead atoms. The predicted octanol–water partition coefficient (Wildman–Crippen LogP) is 1.85. The van der Waals surface area contributed by atoms with Crippen molar-refractivity contribution in [3.63, 3.8) is 0 Å². The molecule has 1 aliphatic rings. The molecule has 1 saturated heterocycles. The molecule has 0 amide bonds. The number of thioether (sulfide) groups is 1. The van der Waals surface area contributed by atoms with Gasteiger partial charge >= 0.3 is 0 Å². The molecule has 0 saturated carbocycles. The maximum absolute atomic E-state index is 10.9. The van der Waals surface area contributed by atoms with Crippen molar-refractivity contribution >= 4 is 39.1 Å². The van der Waals surface area contributed by atoms with Crippen LogP contribution in [0.4, 0.5) is 0 Å². The minimum absolute atomic E-state index is 0.659. The fourth-order valence-electron chi connectivity index (χ4n) is 1.92. The Kier molecular flexibility index (Phi) is 8.46. The van der Waals surface area contributed by atoms with E-state index in [0.717, 1.165) is 29.5 Å². The van der Waals surface area contributed by atoms with Crippen LogP contribution in [0.15, 0.2) is 0 Å². The third-order valence-electron chi connectivity index (χ3n) is 3.07. The SMILES string of the molecule is CN1CCC(SC(=S)NCCCCS(C)=O)CC1. The van der Waals surface area contributed by atoms with Crippen molar-refractivity contribution < 1.29 is 4.21 Å². The first-order valence-electron chi connectivity index (χ1n) is 6.51. The molecule has 0 aliphatic carbocycles. The third kappa shape index (κ3) is 7.71. The Bertz CT molecular complexity index is 278. The molecule has 0 aromatic rings. The number of hydrogen-bond acceptors (Lipinski definition) is 4. The molecule has 1 unspecified atom stereocenters. The van der Waals surface area contributed by atoms with Crippen LogP contribution in [0.2, 0.25) is 0 Å². The van der Waals surface area contributed by atoms with E-state index in [0.29, 0.717) is 5.25 Å². The minimum Gasteiger partial charge on any atom is -0.371 e. The van der Waals surface area contributed by atoms with Crippen LogP contribution >= 0.6 is 24.0 Å². The van der Waals surface area contributed by atoms with E-state index < -0.39 is 10.8 Å². The second-order valence-corrected chi connectivity index (χ2v) is 8.35. The summed E-state index contributed by atoms with van der Waals surface area (Å²) in [6.07, 6.45) is 6.29. The zero-order valence-electron chi connectivity index (χ0n) is 11.3. The van der Waals surface area contributed by atoms with Gasteiger partial charge < -0.3 is 10.2 Å². The van der Waals surface area contributed by atoms with Gasteiger partial charge in [-0.25, -0.2) is 0 Å². The average molecular weight is 309 g/mol. The first kappa shape index (κ1) is 16.4. The van der Waals surface area contributed by atoms with E-state index in [1.807, 2.05) is 11.8 Å². The summed E-state index contributed by atoms with van der Waals surface area (Å²) in [6, 6.07) is 0. The number of rotatable bonds is 6.